The van der Waals surface area contributed by atoms with Crippen molar-refractivity contribution in [2.24, 2.45) is 0 Å². The molecule has 0 saturated carbocycles. The average Bonchev–Trinajstić information content (AvgIpc) is 2.28. The molecule has 0 radical (unpaired) electrons. The molecule has 0 amide bonds. The summed E-state index contributed by atoms with van der Waals surface area (Å²) in [5.74, 6) is 0. The van der Waals surface area contributed by atoms with Gasteiger partial charge in [0.2, 0.25) is 0 Å². The largest absolute Gasteiger partial charge is 0.314 e. The van der Waals surface area contributed by atoms with Gasteiger partial charge in [-0.3, -0.25) is 0 Å². The van der Waals surface area contributed by atoms with Crippen molar-refractivity contribution >= 4 is 0 Å². The zero-order valence-corrected chi connectivity index (χ0v) is 9.59. The van der Waals surface area contributed by atoms with Crippen LogP contribution in [-0.2, 0) is 11.8 Å². The zero-order chi connectivity index (χ0) is 11.2. The third-order valence-electron chi connectivity index (χ3n) is 4.16. The van der Waals surface area contributed by atoms with Crippen molar-refractivity contribution in [3.63, 3.8) is 0 Å². The summed E-state index contributed by atoms with van der Waals surface area (Å²) < 4.78 is 0. The van der Waals surface area contributed by atoms with Crippen molar-refractivity contribution in [1.29, 1.82) is 5.26 Å². The minimum absolute atomic E-state index is 0.331. The van der Waals surface area contributed by atoms with Crippen LogP contribution in [0.5, 0.6) is 0 Å². The average molecular weight is 212 g/mol. The molecule has 2 unspecified atom stereocenters. The highest BCUT2D eigenvalue weighted by Crippen LogP contribution is 2.41. The van der Waals surface area contributed by atoms with E-state index in [-0.39, 0.29) is 0 Å². The van der Waals surface area contributed by atoms with Gasteiger partial charge in [-0.25, -0.2) is 0 Å². The van der Waals surface area contributed by atoms with Gasteiger partial charge in [0, 0.05) is 6.04 Å². The van der Waals surface area contributed by atoms with Gasteiger partial charge in [0.15, 0.2) is 0 Å². The van der Waals surface area contributed by atoms with Crippen molar-refractivity contribution in [3.8, 4) is 6.07 Å². The van der Waals surface area contributed by atoms with E-state index >= 15 is 0 Å². The molecule has 2 bridgehead atoms. The number of fused-ring (bicyclic) bond motifs is 4. The highest BCUT2D eigenvalue weighted by molar-refractivity contribution is 5.44. The highest BCUT2D eigenvalue weighted by atomic mass is 14.9. The molecule has 2 aliphatic rings. The Morgan fingerprint density at radius 3 is 3.19 bits per heavy atom. The normalized spacial score (nSPS) is 31.6. The Kier molecular flexibility index (Phi) is 2.05. The number of hydrogen-bond donors (Lipinski definition) is 1. The van der Waals surface area contributed by atoms with Gasteiger partial charge in [-0.05, 0) is 54.5 Å². The summed E-state index contributed by atoms with van der Waals surface area (Å²) in [5.41, 5.74) is 3.98. The maximum atomic E-state index is 8.94. The molecule has 1 aliphatic heterocycles. The Labute approximate surface area is 96.3 Å². The first-order valence-corrected chi connectivity index (χ1v) is 5.98. The highest BCUT2D eigenvalue weighted by Gasteiger charge is 2.39. The third-order valence-corrected chi connectivity index (χ3v) is 4.16. The summed E-state index contributed by atoms with van der Waals surface area (Å²) in [4.78, 5) is 0. The molecule has 0 spiro atoms. The summed E-state index contributed by atoms with van der Waals surface area (Å²) in [6, 6.07) is 9.06. The molecular weight excluding hydrogens is 196 g/mol. The number of piperidine rings is 1. The van der Waals surface area contributed by atoms with Crippen molar-refractivity contribution < 1.29 is 0 Å². The second-order valence-electron chi connectivity index (χ2n) is 5.35. The fourth-order valence-electron chi connectivity index (χ4n) is 3.35. The number of nitriles is 1. The van der Waals surface area contributed by atoms with Crippen LogP contribution in [0.15, 0.2) is 18.2 Å². The number of benzene rings is 1. The molecule has 1 fully saturated rings. The smallest absolute Gasteiger partial charge is 0.0991 e. The Balaban J connectivity index is 2.13. The maximum absolute atomic E-state index is 8.94. The van der Waals surface area contributed by atoms with Crippen molar-refractivity contribution in [3.05, 3.63) is 34.9 Å². The van der Waals surface area contributed by atoms with Gasteiger partial charge in [-0.2, -0.15) is 5.26 Å². The number of nitrogens with zero attached hydrogens (tertiary/aromatic N) is 1. The van der Waals surface area contributed by atoms with Crippen LogP contribution in [0.2, 0.25) is 0 Å². The van der Waals surface area contributed by atoms with Gasteiger partial charge < -0.3 is 5.32 Å². The van der Waals surface area contributed by atoms with E-state index in [1.807, 2.05) is 6.07 Å². The van der Waals surface area contributed by atoms with Crippen molar-refractivity contribution in [2.45, 2.75) is 37.6 Å². The van der Waals surface area contributed by atoms with Gasteiger partial charge in [0.05, 0.1) is 11.6 Å². The molecule has 2 atom stereocenters. The summed E-state index contributed by atoms with van der Waals surface area (Å²) in [7, 11) is 0. The fraction of sp³-hybridized carbons (Fsp3) is 0.500. The third kappa shape index (κ3) is 1.36. The Morgan fingerprint density at radius 1 is 1.50 bits per heavy atom. The van der Waals surface area contributed by atoms with Crippen molar-refractivity contribution in [1.82, 2.24) is 5.32 Å². The van der Waals surface area contributed by atoms with E-state index in [0.717, 1.165) is 18.5 Å². The van der Waals surface area contributed by atoms with Crippen LogP contribution in [0.1, 0.15) is 36.5 Å². The van der Waals surface area contributed by atoms with Crippen LogP contribution in [0.4, 0.5) is 0 Å². The van der Waals surface area contributed by atoms with E-state index < -0.39 is 0 Å². The molecule has 1 aliphatic carbocycles. The summed E-state index contributed by atoms with van der Waals surface area (Å²) >= 11 is 0. The summed E-state index contributed by atoms with van der Waals surface area (Å²) in [5, 5.41) is 12.5. The van der Waals surface area contributed by atoms with Crippen LogP contribution < -0.4 is 5.32 Å². The van der Waals surface area contributed by atoms with E-state index in [4.69, 9.17) is 5.26 Å². The molecular formula is C14H16N2. The predicted octanol–water partition coefficient (Wildman–Crippen LogP) is 2.12. The fourth-order valence-corrected chi connectivity index (χ4v) is 3.35. The standard InChI is InChI=1S/C14H16N2/c1-14-4-5-16-12(8-14)7-11-6-10(9-15)2-3-13(11)14/h2-3,6,12,16H,4-5,7-8H2,1H3. The van der Waals surface area contributed by atoms with Crippen LogP contribution >= 0.6 is 0 Å². The lowest BCUT2D eigenvalue weighted by Gasteiger charge is -2.45. The monoisotopic (exact) mass is 212 g/mol. The van der Waals surface area contributed by atoms with Crippen LogP contribution in [0, 0.1) is 11.3 Å². The zero-order valence-electron chi connectivity index (χ0n) is 9.59. The van der Waals surface area contributed by atoms with E-state index in [1.54, 1.807) is 0 Å². The molecule has 1 N–H and O–H groups in total. The molecule has 1 aromatic rings. The quantitative estimate of drug-likeness (QED) is 0.715. The van der Waals surface area contributed by atoms with E-state index in [0.29, 0.717) is 11.5 Å². The van der Waals surface area contributed by atoms with Gasteiger partial charge in [0.1, 0.15) is 0 Å². The SMILES string of the molecule is CC12CCNC(Cc3cc(C#N)ccc31)C2. The Hall–Kier alpha value is -1.33. The number of rotatable bonds is 0. The Morgan fingerprint density at radius 2 is 2.38 bits per heavy atom. The summed E-state index contributed by atoms with van der Waals surface area (Å²) in [6.45, 7) is 3.49. The second kappa shape index (κ2) is 3.33. The molecule has 82 valence electrons. The van der Waals surface area contributed by atoms with E-state index in [9.17, 15) is 0 Å². The molecule has 2 nitrogen and oxygen atoms in total. The van der Waals surface area contributed by atoms with Gasteiger partial charge in [-0.1, -0.05) is 13.0 Å². The number of hydrogen-bond acceptors (Lipinski definition) is 2. The van der Waals surface area contributed by atoms with Gasteiger partial charge in [0.25, 0.3) is 0 Å². The number of nitrogens with one attached hydrogen (secondary N) is 1. The topological polar surface area (TPSA) is 35.8 Å². The molecule has 3 rings (SSSR count). The maximum Gasteiger partial charge on any atom is 0.0991 e. The van der Waals surface area contributed by atoms with E-state index in [2.05, 4.69) is 30.4 Å². The van der Waals surface area contributed by atoms with Gasteiger partial charge in [-0.15, -0.1) is 0 Å². The predicted molar refractivity (Wildman–Crippen MR) is 63.2 cm³/mol. The molecule has 1 aromatic carbocycles. The van der Waals surface area contributed by atoms with Crippen LogP contribution in [0.3, 0.4) is 0 Å². The van der Waals surface area contributed by atoms with Gasteiger partial charge >= 0.3 is 0 Å². The molecule has 1 saturated heterocycles. The first kappa shape index (κ1) is 9.86. The first-order chi connectivity index (χ1) is 7.71. The van der Waals surface area contributed by atoms with Crippen LogP contribution in [-0.4, -0.2) is 12.6 Å². The molecule has 0 aromatic heterocycles. The van der Waals surface area contributed by atoms with Crippen LogP contribution in [0.25, 0.3) is 0 Å². The molecule has 2 heteroatoms. The Bertz CT molecular complexity index is 472. The first-order valence-electron chi connectivity index (χ1n) is 5.98. The lowest BCUT2D eigenvalue weighted by atomic mass is 9.65. The minimum atomic E-state index is 0.331. The lowest BCUT2D eigenvalue weighted by Crippen LogP contribution is -2.49. The minimum Gasteiger partial charge on any atom is -0.314 e. The lowest BCUT2D eigenvalue weighted by molar-refractivity contribution is 0.249. The molecule has 1 heterocycles. The van der Waals surface area contributed by atoms with Crippen molar-refractivity contribution in [2.75, 3.05) is 6.54 Å². The summed E-state index contributed by atoms with van der Waals surface area (Å²) in [6.07, 6.45) is 3.54. The van der Waals surface area contributed by atoms with E-state index in [1.165, 1.54) is 24.0 Å². The molecule has 16 heavy (non-hydrogen) atoms. The second-order valence-corrected chi connectivity index (χ2v) is 5.35.